The van der Waals surface area contributed by atoms with Crippen LogP contribution in [0.25, 0.3) is 0 Å². The molecule has 116 valence electrons. The van der Waals surface area contributed by atoms with Gasteiger partial charge in [-0.25, -0.2) is 4.98 Å². The Morgan fingerprint density at radius 3 is 2.55 bits per heavy atom. The molecule has 1 aromatic heterocycles. The van der Waals surface area contributed by atoms with Crippen molar-refractivity contribution in [2.75, 3.05) is 0 Å². The van der Waals surface area contributed by atoms with Crippen molar-refractivity contribution in [2.45, 2.75) is 51.6 Å². The number of hydrogen-bond acceptors (Lipinski definition) is 4. The average Bonchev–Trinajstić information content (AvgIpc) is 2.86. The minimum absolute atomic E-state index is 0. The highest BCUT2D eigenvalue weighted by Crippen LogP contribution is 2.28. The van der Waals surface area contributed by atoms with E-state index in [0.29, 0.717) is 0 Å². The number of nitrogens with two attached hydrogens (primary N) is 1. The summed E-state index contributed by atoms with van der Waals surface area (Å²) in [5, 5.41) is 4.06. The number of nitrogens with one attached hydrogen (secondary N) is 1. The number of hydrogen-bond donors (Lipinski definition) is 2. The zero-order chi connectivity index (χ0) is 13.3. The second-order valence-corrected chi connectivity index (χ2v) is 6.90. The molecule has 1 fully saturated rings. The number of carbonyl (C=O) groups is 1. The Balaban J connectivity index is 0.00000180. The smallest absolute Gasteiger partial charge is 0.223 e. The van der Waals surface area contributed by atoms with E-state index >= 15 is 0 Å². The van der Waals surface area contributed by atoms with Crippen molar-refractivity contribution < 1.29 is 4.79 Å². The molecule has 2 unspecified atom stereocenters. The van der Waals surface area contributed by atoms with Crippen LogP contribution in [0.15, 0.2) is 6.20 Å². The van der Waals surface area contributed by atoms with Gasteiger partial charge in [0, 0.05) is 23.0 Å². The van der Waals surface area contributed by atoms with E-state index in [2.05, 4.69) is 10.3 Å². The number of carbonyl (C=O) groups excluding carboxylic acids is 1. The normalized spacial score (nSPS) is 21.8. The molecule has 0 aromatic carbocycles. The number of aryl methyl sites for hydroxylation is 1. The molecule has 1 amide bonds. The summed E-state index contributed by atoms with van der Waals surface area (Å²) in [6.45, 7) is 6.02. The minimum Gasteiger partial charge on any atom is -0.344 e. The van der Waals surface area contributed by atoms with Gasteiger partial charge in [-0.15, -0.1) is 36.2 Å². The van der Waals surface area contributed by atoms with E-state index in [4.69, 9.17) is 5.73 Å². The van der Waals surface area contributed by atoms with Crippen LogP contribution in [-0.4, -0.2) is 16.9 Å². The first-order chi connectivity index (χ1) is 8.38. The monoisotopic (exact) mass is 339 g/mol. The Bertz CT molecular complexity index is 451. The average molecular weight is 340 g/mol. The molecule has 1 aliphatic rings. The van der Waals surface area contributed by atoms with Gasteiger partial charge in [-0.2, -0.15) is 0 Å². The van der Waals surface area contributed by atoms with Crippen molar-refractivity contribution in [3.05, 3.63) is 16.1 Å². The van der Waals surface area contributed by atoms with Crippen molar-refractivity contribution >= 4 is 42.1 Å². The van der Waals surface area contributed by atoms with Crippen molar-refractivity contribution in [3.63, 3.8) is 0 Å². The molecule has 1 heterocycles. The van der Waals surface area contributed by atoms with Crippen LogP contribution < -0.4 is 11.1 Å². The van der Waals surface area contributed by atoms with E-state index in [0.717, 1.165) is 29.1 Å². The van der Waals surface area contributed by atoms with Crippen molar-refractivity contribution in [2.24, 2.45) is 11.7 Å². The van der Waals surface area contributed by atoms with E-state index in [1.165, 1.54) is 0 Å². The Morgan fingerprint density at radius 1 is 1.45 bits per heavy atom. The molecule has 1 saturated carbocycles. The lowest BCUT2D eigenvalue weighted by Crippen LogP contribution is -2.43. The zero-order valence-electron chi connectivity index (χ0n) is 12.0. The fourth-order valence-corrected chi connectivity index (χ4v) is 3.18. The quantitative estimate of drug-likeness (QED) is 0.889. The maximum absolute atomic E-state index is 12.2. The van der Waals surface area contributed by atoms with Crippen molar-refractivity contribution in [1.29, 1.82) is 0 Å². The minimum atomic E-state index is -0.400. The van der Waals surface area contributed by atoms with Crippen LogP contribution >= 0.6 is 36.2 Å². The predicted octanol–water partition coefficient (Wildman–Crippen LogP) is 2.77. The van der Waals surface area contributed by atoms with E-state index < -0.39 is 5.54 Å². The molecule has 4 nitrogen and oxygen atoms in total. The standard InChI is InChI=1S/C13H21N3OS.2ClH/c1-8-7-15-12(18-8)13(2,3)16-11(17)9-4-5-10(14)6-9;;/h7,9-10H,4-6,14H2,1-3H3,(H,16,17);2*1H. The fourth-order valence-electron chi connectivity index (χ4n) is 2.36. The lowest BCUT2D eigenvalue weighted by molar-refractivity contribution is -0.126. The Kier molecular flexibility index (Phi) is 7.46. The van der Waals surface area contributed by atoms with Crippen LogP contribution in [0.2, 0.25) is 0 Å². The summed E-state index contributed by atoms with van der Waals surface area (Å²) in [5.74, 6) is 0.182. The molecule has 0 bridgehead atoms. The third-order valence-corrected chi connectivity index (χ3v) is 4.67. The van der Waals surface area contributed by atoms with E-state index in [9.17, 15) is 4.79 Å². The van der Waals surface area contributed by atoms with Gasteiger partial charge in [0.25, 0.3) is 0 Å². The Hall–Kier alpha value is -0.360. The van der Waals surface area contributed by atoms with Crippen molar-refractivity contribution in [3.8, 4) is 0 Å². The first-order valence-corrected chi connectivity index (χ1v) is 7.20. The third-order valence-electron chi connectivity index (χ3n) is 3.44. The molecule has 3 N–H and O–H groups in total. The summed E-state index contributed by atoms with van der Waals surface area (Å²) in [4.78, 5) is 17.7. The van der Waals surface area contributed by atoms with Gasteiger partial charge >= 0.3 is 0 Å². The molecule has 2 rings (SSSR count). The highest BCUT2D eigenvalue weighted by molar-refractivity contribution is 7.11. The SMILES string of the molecule is Cc1cnc(C(C)(C)NC(=O)C2CCC(N)C2)s1.Cl.Cl. The van der Waals surface area contributed by atoms with Crippen LogP contribution in [0, 0.1) is 12.8 Å². The van der Waals surface area contributed by atoms with E-state index in [-0.39, 0.29) is 42.7 Å². The summed E-state index contributed by atoms with van der Waals surface area (Å²) in [6, 6.07) is 0.186. The number of amides is 1. The largest absolute Gasteiger partial charge is 0.344 e. The second kappa shape index (κ2) is 7.59. The van der Waals surface area contributed by atoms with Gasteiger partial charge in [0.2, 0.25) is 5.91 Å². The van der Waals surface area contributed by atoms with Crippen LogP contribution in [0.3, 0.4) is 0 Å². The van der Waals surface area contributed by atoms with Crippen LogP contribution in [0.4, 0.5) is 0 Å². The number of thiazole rings is 1. The van der Waals surface area contributed by atoms with Gasteiger partial charge in [0.1, 0.15) is 5.01 Å². The first-order valence-electron chi connectivity index (χ1n) is 6.39. The Labute approximate surface area is 136 Å². The molecule has 2 atom stereocenters. The van der Waals surface area contributed by atoms with Gasteiger partial charge < -0.3 is 11.1 Å². The highest BCUT2D eigenvalue weighted by atomic mass is 35.5. The fraction of sp³-hybridized carbons (Fsp3) is 0.692. The van der Waals surface area contributed by atoms with Crippen molar-refractivity contribution in [1.82, 2.24) is 10.3 Å². The molecule has 7 heteroatoms. The highest BCUT2D eigenvalue weighted by Gasteiger charge is 2.32. The van der Waals surface area contributed by atoms with Gasteiger partial charge in [0.05, 0.1) is 5.54 Å². The van der Waals surface area contributed by atoms with Crippen LogP contribution in [0.1, 0.15) is 43.0 Å². The number of nitrogens with zero attached hydrogens (tertiary/aromatic N) is 1. The maximum Gasteiger partial charge on any atom is 0.223 e. The van der Waals surface area contributed by atoms with E-state index in [1.54, 1.807) is 11.3 Å². The van der Waals surface area contributed by atoms with Gasteiger partial charge in [-0.3, -0.25) is 4.79 Å². The van der Waals surface area contributed by atoms with Gasteiger partial charge in [0.15, 0.2) is 0 Å². The number of halogens is 2. The molecule has 0 saturated heterocycles. The molecule has 0 aliphatic heterocycles. The number of aromatic nitrogens is 1. The summed E-state index contributed by atoms with van der Waals surface area (Å²) in [6.07, 6.45) is 4.51. The van der Waals surface area contributed by atoms with E-state index in [1.807, 2.05) is 27.0 Å². The van der Waals surface area contributed by atoms with Gasteiger partial charge in [-0.1, -0.05) is 0 Å². The lowest BCUT2D eigenvalue weighted by atomic mass is 10.0. The summed E-state index contributed by atoms with van der Waals surface area (Å²) >= 11 is 1.63. The first kappa shape index (κ1) is 19.6. The molecule has 1 aromatic rings. The maximum atomic E-state index is 12.2. The molecule has 0 radical (unpaired) electrons. The van der Waals surface area contributed by atoms with Crippen LogP contribution in [-0.2, 0) is 10.3 Å². The third kappa shape index (κ3) is 4.58. The molecule has 20 heavy (non-hydrogen) atoms. The summed E-state index contributed by atoms with van der Waals surface area (Å²) in [7, 11) is 0. The topological polar surface area (TPSA) is 68.0 Å². The molecule has 1 aliphatic carbocycles. The summed E-state index contributed by atoms with van der Waals surface area (Å²) in [5.41, 5.74) is 5.45. The second-order valence-electron chi connectivity index (χ2n) is 5.66. The summed E-state index contributed by atoms with van der Waals surface area (Å²) < 4.78 is 0. The zero-order valence-corrected chi connectivity index (χ0v) is 14.5. The molecular weight excluding hydrogens is 317 g/mol. The Morgan fingerprint density at radius 2 is 2.10 bits per heavy atom. The lowest BCUT2D eigenvalue weighted by Gasteiger charge is -2.25. The molecular formula is C13H23Cl2N3OS. The number of rotatable bonds is 3. The van der Waals surface area contributed by atoms with Crippen LogP contribution in [0.5, 0.6) is 0 Å². The molecule has 0 spiro atoms. The predicted molar refractivity (Wildman–Crippen MR) is 87.8 cm³/mol. The van der Waals surface area contributed by atoms with Gasteiger partial charge in [-0.05, 0) is 40.0 Å².